The molecule has 0 bridgehead atoms. The summed E-state index contributed by atoms with van der Waals surface area (Å²) >= 11 is 1.08. The number of likely N-dealkylation sites (N-methyl/N-ethyl adjacent to an activating group) is 1. The van der Waals surface area contributed by atoms with E-state index in [4.69, 9.17) is 5.11 Å². The van der Waals surface area contributed by atoms with Crippen molar-refractivity contribution in [1.29, 1.82) is 0 Å². The van der Waals surface area contributed by atoms with Gasteiger partial charge in [-0.1, -0.05) is 6.07 Å². The molecular formula is C11H16N2O5S2. The molecule has 1 amide bonds. The molecule has 0 aromatic carbocycles. The highest BCUT2D eigenvalue weighted by Crippen LogP contribution is 2.15. The van der Waals surface area contributed by atoms with Crippen LogP contribution in [0.25, 0.3) is 0 Å². The van der Waals surface area contributed by atoms with Gasteiger partial charge in [0.2, 0.25) is 15.9 Å². The van der Waals surface area contributed by atoms with Crippen LogP contribution in [-0.4, -0.2) is 49.9 Å². The van der Waals surface area contributed by atoms with Gasteiger partial charge in [-0.15, -0.1) is 11.3 Å². The number of carboxylic acids is 1. The van der Waals surface area contributed by atoms with Crippen LogP contribution in [0.1, 0.15) is 13.3 Å². The molecule has 9 heteroatoms. The Balaban J connectivity index is 2.49. The van der Waals surface area contributed by atoms with Gasteiger partial charge in [0.1, 0.15) is 10.3 Å². The summed E-state index contributed by atoms with van der Waals surface area (Å²) in [6, 6.07) is 2.14. The largest absolute Gasteiger partial charge is 0.480 e. The molecule has 112 valence electrons. The van der Waals surface area contributed by atoms with Crippen LogP contribution in [0, 0.1) is 0 Å². The number of nitrogens with one attached hydrogen (secondary N) is 1. The smallest absolute Gasteiger partial charge is 0.326 e. The molecule has 0 radical (unpaired) electrons. The van der Waals surface area contributed by atoms with Crippen molar-refractivity contribution in [3.63, 3.8) is 0 Å². The molecule has 20 heavy (non-hydrogen) atoms. The first-order chi connectivity index (χ1) is 9.25. The minimum absolute atomic E-state index is 0.0737. The molecule has 1 heterocycles. The van der Waals surface area contributed by atoms with Crippen LogP contribution in [0.3, 0.4) is 0 Å². The first-order valence-electron chi connectivity index (χ1n) is 5.77. The van der Waals surface area contributed by atoms with Crippen molar-refractivity contribution in [3.05, 3.63) is 17.5 Å². The Morgan fingerprint density at radius 3 is 2.65 bits per heavy atom. The quantitative estimate of drug-likeness (QED) is 0.754. The second kappa shape index (κ2) is 6.82. The van der Waals surface area contributed by atoms with Crippen molar-refractivity contribution in [1.82, 2.24) is 9.62 Å². The molecule has 0 saturated carbocycles. The highest BCUT2D eigenvalue weighted by molar-refractivity contribution is 7.91. The van der Waals surface area contributed by atoms with Crippen molar-refractivity contribution in [2.24, 2.45) is 0 Å². The summed E-state index contributed by atoms with van der Waals surface area (Å²) < 4.78 is 26.0. The third-order valence-corrected chi connectivity index (χ3v) is 5.58. The standard InChI is InChI=1S/C11H16N2O5S2/c1-8(11(15)16)13(2)9(14)5-6-12-20(17,18)10-4-3-7-19-10/h3-4,7-8,12H,5-6H2,1-2H3,(H,15,16). The number of nitrogens with zero attached hydrogens (tertiary/aromatic N) is 1. The Morgan fingerprint density at radius 1 is 1.50 bits per heavy atom. The molecule has 1 rings (SSSR count). The number of amides is 1. The summed E-state index contributed by atoms with van der Waals surface area (Å²) in [4.78, 5) is 23.5. The summed E-state index contributed by atoms with van der Waals surface area (Å²) in [7, 11) is -2.22. The molecule has 1 aromatic rings. The number of aliphatic carboxylic acids is 1. The van der Waals surface area contributed by atoms with E-state index >= 15 is 0 Å². The van der Waals surface area contributed by atoms with Crippen molar-refractivity contribution in [2.75, 3.05) is 13.6 Å². The van der Waals surface area contributed by atoms with Crippen molar-refractivity contribution in [3.8, 4) is 0 Å². The van der Waals surface area contributed by atoms with Crippen LogP contribution in [0.4, 0.5) is 0 Å². The Labute approximate surface area is 121 Å². The number of carboxylic acid groups (broad SMARTS) is 1. The zero-order valence-corrected chi connectivity index (χ0v) is 12.7. The van der Waals surface area contributed by atoms with E-state index in [0.717, 1.165) is 16.2 Å². The predicted molar refractivity (Wildman–Crippen MR) is 74.0 cm³/mol. The lowest BCUT2D eigenvalue weighted by Crippen LogP contribution is -2.41. The number of hydrogen-bond acceptors (Lipinski definition) is 5. The van der Waals surface area contributed by atoms with Gasteiger partial charge >= 0.3 is 5.97 Å². The molecule has 1 atom stereocenters. The van der Waals surface area contributed by atoms with Crippen molar-refractivity contribution >= 4 is 33.2 Å². The molecule has 0 aliphatic heterocycles. The molecule has 1 unspecified atom stereocenters. The molecule has 0 fully saturated rings. The van der Waals surface area contributed by atoms with Crippen molar-refractivity contribution in [2.45, 2.75) is 23.6 Å². The maximum atomic E-state index is 11.8. The Bertz CT molecular complexity index is 568. The molecule has 7 nitrogen and oxygen atoms in total. The molecule has 2 N–H and O–H groups in total. The maximum absolute atomic E-state index is 11.8. The number of hydrogen-bond donors (Lipinski definition) is 2. The van der Waals surface area contributed by atoms with Gasteiger partial charge in [0.25, 0.3) is 0 Å². The number of thiophene rings is 1. The van der Waals surface area contributed by atoms with Crippen LogP contribution in [0.2, 0.25) is 0 Å². The second-order valence-corrected chi connectivity index (χ2v) is 7.04. The van der Waals surface area contributed by atoms with Crippen LogP contribution >= 0.6 is 11.3 Å². The molecule has 0 aliphatic rings. The van der Waals surface area contributed by atoms with Gasteiger partial charge in [-0.3, -0.25) is 4.79 Å². The highest BCUT2D eigenvalue weighted by Gasteiger charge is 2.22. The molecule has 0 spiro atoms. The normalized spacial score (nSPS) is 12.9. The van der Waals surface area contributed by atoms with Gasteiger partial charge in [0, 0.05) is 20.0 Å². The Morgan fingerprint density at radius 2 is 2.15 bits per heavy atom. The van der Waals surface area contributed by atoms with E-state index in [1.54, 1.807) is 11.4 Å². The monoisotopic (exact) mass is 320 g/mol. The van der Waals surface area contributed by atoms with Crippen LogP contribution in [-0.2, 0) is 19.6 Å². The van der Waals surface area contributed by atoms with E-state index in [2.05, 4.69) is 4.72 Å². The predicted octanol–water partition coefficient (Wildman–Crippen LogP) is 0.348. The van der Waals surface area contributed by atoms with Crippen LogP contribution < -0.4 is 4.72 Å². The zero-order chi connectivity index (χ0) is 15.3. The summed E-state index contributed by atoms with van der Waals surface area (Å²) in [6.07, 6.45) is -0.0985. The number of carbonyl (C=O) groups is 2. The molecular weight excluding hydrogens is 304 g/mol. The summed E-state index contributed by atoms with van der Waals surface area (Å²) in [5.74, 6) is -1.55. The first-order valence-corrected chi connectivity index (χ1v) is 8.13. The van der Waals surface area contributed by atoms with E-state index in [9.17, 15) is 18.0 Å². The van der Waals surface area contributed by atoms with Crippen LogP contribution in [0.5, 0.6) is 0 Å². The Hall–Kier alpha value is -1.45. The SMILES string of the molecule is CC(C(=O)O)N(C)C(=O)CCNS(=O)(=O)c1cccs1. The maximum Gasteiger partial charge on any atom is 0.326 e. The highest BCUT2D eigenvalue weighted by atomic mass is 32.2. The van der Waals surface area contributed by atoms with Gasteiger partial charge in [-0.2, -0.15) is 0 Å². The number of sulfonamides is 1. The lowest BCUT2D eigenvalue weighted by molar-refractivity contribution is -0.148. The topological polar surface area (TPSA) is 104 Å². The third kappa shape index (κ3) is 4.29. The van der Waals surface area contributed by atoms with Crippen LogP contribution in [0.15, 0.2) is 21.7 Å². The molecule has 0 aliphatic carbocycles. The fourth-order valence-corrected chi connectivity index (χ4v) is 3.41. The summed E-state index contributed by atoms with van der Waals surface area (Å²) in [5, 5.41) is 10.4. The first kappa shape index (κ1) is 16.6. The number of rotatable bonds is 7. The lowest BCUT2D eigenvalue weighted by Gasteiger charge is -2.21. The summed E-state index contributed by atoms with van der Waals surface area (Å²) in [6.45, 7) is 1.31. The third-order valence-electron chi connectivity index (χ3n) is 2.72. The Kier molecular flexibility index (Phi) is 5.66. The van der Waals surface area contributed by atoms with E-state index in [1.807, 2.05) is 0 Å². The fraction of sp³-hybridized carbons (Fsp3) is 0.455. The zero-order valence-electron chi connectivity index (χ0n) is 11.1. The minimum atomic E-state index is -3.59. The number of carbonyl (C=O) groups excluding carboxylic acids is 1. The minimum Gasteiger partial charge on any atom is -0.480 e. The van der Waals surface area contributed by atoms with E-state index in [-0.39, 0.29) is 17.2 Å². The van der Waals surface area contributed by atoms with Gasteiger partial charge in [0.15, 0.2) is 0 Å². The van der Waals surface area contributed by atoms with E-state index < -0.39 is 27.9 Å². The van der Waals surface area contributed by atoms with Gasteiger partial charge in [0.05, 0.1) is 0 Å². The van der Waals surface area contributed by atoms with E-state index in [0.29, 0.717) is 0 Å². The fourth-order valence-electron chi connectivity index (χ4n) is 1.34. The van der Waals surface area contributed by atoms with Gasteiger partial charge in [-0.05, 0) is 18.4 Å². The molecule has 1 aromatic heterocycles. The average molecular weight is 320 g/mol. The van der Waals surface area contributed by atoms with E-state index in [1.165, 1.54) is 20.0 Å². The average Bonchev–Trinajstić information content (AvgIpc) is 2.91. The second-order valence-electron chi connectivity index (χ2n) is 4.10. The van der Waals surface area contributed by atoms with Gasteiger partial charge in [-0.25, -0.2) is 17.9 Å². The van der Waals surface area contributed by atoms with Gasteiger partial charge < -0.3 is 10.0 Å². The summed E-state index contributed by atoms with van der Waals surface area (Å²) in [5.41, 5.74) is 0. The lowest BCUT2D eigenvalue weighted by atomic mass is 10.2. The van der Waals surface area contributed by atoms with Crippen molar-refractivity contribution < 1.29 is 23.1 Å². The molecule has 0 saturated heterocycles.